The molecule has 0 aliphatic heterocycles. The quantitative estimate of drug-likeness (QED) is 0.648. The largest absolute Gasteiger partial charge is 0.462 e. The van der Waals surface area contributed by atoms with Crippen molar-refractivity contribution in [3.8, 4) is 16.9 Å². The van der Waals surface area contributed by atoms with Crippen LogP contribution < -0.4 is 0 Å². The summed E-state index contributed by atoms with van der Waals surface area (Å²) in [6.45, 7) is 4.07. The molecule has 0 unspecified atom stereocenters. The molecule has 122 valence electrons. The molecule has 5 heteroatoms. The zero-order valence-corrected chi connectivity index (χ0v) is 14.2. The second-order valence-corrected chi connectivity index (χ2v) is 5.79. The molecule has 0 radical (unpaired) electrons. The Morgan fingerprint density at radius 3 is 2.67 bits per heavy atom. The monoisotopic (exact) mass is 340 g/mol. The van der Waals surface area contributed by atoms with E-state index in [-0.39, 0.29) is 5.97 Å². The van der Waals surface area contributed by atoms with Gasteiger partial charge in [-0.2, -0.15) is 5.10 Å². The number of esters is 1. The van der Waals surface area contributed by atoms with E-state index in [0.717, 1.165) is 16.8 Å². The number of carbonyl (C=O) groups excluding carboxylic acids is 1. The maximum absolute atomic E-state index is 12.3. The smallest absolute Gasteiger partial charge is 0.342 e. The van der Waals surface area contributed by atoms with Crippen molar-refractivity contribution >= 4 is 17.6 Å². The van der Waals surface area contributed by atoms with Gasteiger partial charge in [0.05, 0.1) is 12.3 Å². The first-order chi connectivity index (χ1) is 11.6. The minimum absolute atomic E-state index is 0.314. The number of carbonyl (C=O) groups is 1. The van der Waals surface area contributed by atoms with Gasteiger partial charge >= 0.3 is 5.97 Å². The fraction of sp³-hybridized carbons (Fsp3) is 0.158. The Hall–Kier alpha value is -2.59. The lowest BCUT2D eigenvalue weighted by molar-refractivity contribution is 0.0527. The van der Waals surface area contributed by atoms with E-state index in [0.29, 0.717) is 22.9 Å². The van der Waals surface area contributed by atoms with E-state index in [1.54, 1.807) is 17.8 Å². The van der Waals surface area contributed by atoms with Gasteiger partial charge in [-0.05, 0) is 31.5 Å². The third-order valence-electron chi connectivity index (χ3n) is 3.67. The summed E-state index contributed by atoms with van der Waals surface area (Å²) in [6, 6.07) is 15.2. The van der Waals surface area contributed by atoms with Crippen LogP contribution in [0.3, 0.4) is 0 Å². The average molecular weight is 341 g/mol. The molecule has 0 saturated carbocycles. The zero-order chi connectivity index (χ0) is 17.1. The summed E-state index contributed by atoms with van der Waals surface area (Å²) < 4.78 is 6.85. The van der Waals surface area contributed by atoms with Gasteiger partial charge in [-0.15, -0.1) is 0 Å². The highest BCUT2D eigenvalue weighted by molar-refractivity contribution is 6.30. The number of halogens is 1. The molecule has 0 N–H and O–H groups in total. The maximum atomic E-state index is 12.3. The maximum Gasteiger partial charge on any atom is 0.342 e. The number of aromatic nitrogens is 2. The molecule has 1 heterocycles. The molecule has 3 rings (SSSR count). The number of hydrogen-bond donors (Lipinski definition) is 0. The number of aryl methyl sites for hydroxylation is 1. The molecule has 0 fully saturated rings. The minimum Gasteiger partial charge on any atom is -0.462 e. The minimum atomic E-state index is -0.387. The van der Waals surface area contributed by atoms with Crippen molar-refractivity contribution < 1.29 is 9.53 Å². The summed E-state index contributed by atoms with van der Waals surface area (Å²) in [5.74, 6) is -0.387. The first-order valence-corrected chi connectivity index (χ1v) is 8.06. The van der Waals surface area contributed by atoms with Gasteiger partial charge in [0.1, 0.15) is 11.3 Å². The lowest BCUT2D eigenvalue weighted by atomic mass is 10.1. The summed E-state index contributed by atoms with van der Waals surface area (Å²) in [5, 5.41) is 5.23. The third kappa shape index (κ3) is 3.19. The SMILES string of the molecule is CCOC(=O)c1cn(-c2cc(Cl)ccc2C)nc1-c1ccccc1. The first kappa shape index (κ1) is 16.3. The van der Waals surface area contributed by atoms with Crippen LogP contribution in [0, 0.1) is 6.92 Å². The molecule has 3 aromatic rings. The van der Waals surface area contributed by atoms with E-state index in [2.05, 4.69) is 5.10 Å². The second-order valence-electron chi connectivity index (χ2n) is 5.35. The molecule has 1 aromatic heterocycles. The molecule has 4 nitrogen and oxygen atoms in total. The van der Waals surface area contributed by atoms with E-state index in [1.165, 1.54) is 0 Å². The highest BCUT2D eigenvalue weighted by Gasteiger charge is 2.20. The molecule has 2 aromatic carbocycles. The van der Waals surface area contributed by atoms with Crippen molar-refractivity contribution in [2.24, 2.45) is 0 Å². The molecule has 0 amide bonds. The van der Waals surface area contributed by atoms with Crippen molar-refractivity contribution in [3.05, 3.63) is 70.9 Å². The van der Waals surface area contributed by atoms with Gasteiger partial charge in [-0.1, -0.05) is 48.0 Å². The number of ether oxygens (including phenoxy) is 1. The van der Waals surface area contributed by atoms with Crippen molar-refractivity contribution in [2.45, 2.75) is 13.8 Å². The van der Waals surface area contributed by atoms with Gasteiger partial charge in [0.2, 0.25) is 0 Å². The van der Waals surface area contributed by atoms with Crippen molar-refractivity contribution in [2.75, 3.05) is 6.61 Å². The Bertz CT molecular complexity index is 872. The lowest BCUT2D eigenvalue weighted by Crippen LogP contribution is -2.05. The highest BCUT2D eigenvalue weighted by atomic mass is 35.5. The summed E-state index contributed by atoms with van der Waals surface area (Å²) in [4.78, 5) is 12.3. The van der Waals surface area contributed by atoms with Crippen molar-refractivity contribution in [1.82, 2.24) is 9.78 Å². The third-order valence-corrected chi connectivity index (χ3v) is 3.91. The Morgan fingerprint density at radius 1 is 1.21 bits per heavy atom. The van der Waals surface area contributed by atoms with Crippen LogP contribution in [0.1, 0.15) is 22.8 Å². The first-order valence-electron chi connectivity index (χ1n) is 7.69. The molecular weight excluding hydrogens is 324 g/mol. The van der Waals surface area contributed by atoms with Gasteiger partial charge in [-0.25, -0.2) is 9.48 Å². The van der Waals surface area contributed by atoms with Crippen LogP contribution in [-0.2, 0) is 4.74 Å². The number of hydrogen-bond acceptors (Lipinski definition) is 3. The van der Waals surface area contributed by atoms with E-state index in [9.17, 15) is 4.79 Å². The van der Waals surface area contributed by atoms with Crippen LogP contribution in [-0.4, -0.2) is 22.4 Å². The highest BCUT2D eigenvalue weighted by Crippen LogP contribution is 2.26. The fourth-order valence-corrected chi connectivity index (χ4v) is 2.66. The molecular formula is C19H17ClN2O2. The number of nitrogens with zero attached hydrogens (tertiary/aromatic N) is 2. The normalized spacial score (nSPS) is 10.6. The average Bonchev–Trinajstić information content (AvgIpc) is 3.03. The number of benzene rings is 2. The summed E-state index contributed by atoms with van der Waals surface area (Å²) >= 11 is 6.11. The van der Waals surface area contributed by atoms with Gasteiger partial charge in [0, 0.05) is 16.8 Å². The van der Waals surface area contributed by atoms with Gasteiger partial charge in [0.25, 0.3) is 0 Å². The predicted molar refractivity (Wildman–Crippen MR) is 94.7 cm³/mol. The Kier molecular flexibility index (Phi) is 4.67. The molecule has 0 aliphatic rings. The predicted octanol–water partition coefficient (Wildman–Crippen LogP) is 4.68. The Labute approximate surface area is 145 Å². The molecule has 0 atom stereocenters. The van der Waals surface area contributed by atoms with Crippen LogP contribution in [0.25, 0.3) is 16.9 Å². The summed E-state index contributed by atoms with van der Waals surface area (Å²) in [6.07, 6.45) is 1.69. The Morgan fingerprint density at radius 2 is 1.96 bits per heavy atom. The molecule has 0 aliphatic carbocycles. The summed E-state index contributed by atoms with van der Waals surface area (Å²) in [5.41, 5.74) is 3.72. The van der Waals surface area contributed by atoms with Crippen LogP contribution in [0.15, 0.2) is 54.7 Å². The molecule has 24 heavy (non-hydrogen) atoms. The summed E-state index contributed by atoms with van der Waals surface area (Å²) in [7, 11) is 0. The topological polar surface area (TPSA) is 44.1 Å². The van der Waals surface area contributed by atoms with Gasteiger partial charge < -0.3 is 4.74 Å². The van der Waals surface area contributed by atoms with Gasteiger partial charge in [-0.3, -0.25) is 0 Å². The van der Waals surface area contributed by atoms with Crippen molar-refractivity contribution in [1.29, 1.82) is 0 Å². The van der Waals surface area contributed by atoms with Crippen LogP contribution in [0.4, 0.5) is 0 Å². The zero-order valence-electron chi connectivity index (χ0n) is 13.5. The van der Waals surface area contributed by atoms with Gasteiger partial charge in [0.15, 0.2) is 0 Å². The Balaban J connectivity index is 2.16. The van der Waals surface area contributed by atoms with E-state index >= 15 is 0 Å². The molecule has 0 spiro atoms. The van der Waals surface area contributed by atoms with Crippen LogP contribution in [0.5, 0.6) is 0 Å². The van der Waals surface area contributed by atoms with E-state index < -0.39 is 0 Å². The van der Waals surface area contributed by atoms with Crippen LogP contribution >= 0.6 is 11.6 Å². The molecule has 0 saturated heterocycles. The van der Waals surface area contributed by atoms with E-state index in [4.69, 9.17) is 16.3 Å². The van der Waals surface area contributed by atoms with Crippen molar-refractivity contribution in [3.63, 3.8) is 0 Å². The van der Waals surface area contributed by atoms with E-state index in [1.807, 2.05) is 55.5 Å². The van der Waals surface area contributed by atoms with Crippen LogP contribution in [0.2, 0.25) is 5.02 Å². The second kappa shape index (κ2) is 6.89. The standard InChI is InChI=1S/C19H17ClN2O2/c1-3-24-19(23)16-12-22(17-11-15(20)10-9-13(17)2)21-18(16)14-7-5-4-6-8-14/h4-12H,3H2,1-2H3. The number of rotatable bonds is 4. The lowest BCUT2D eigenvalue weighted by Gasteiger charge is -2.06. The fourth-order valence-electron chi connectivity index (χ4n) is 2.49. The molecule has 0 bridgehead atoms.